The first kappa shape index (κ1) is 12.6. The molecule has 1 saturated heterocycles. The van der Waals surface area contributed by atoms with Gasteiger partial charge in [0, 0.05) is 19.5 Å². The van der Waals surface area contributed by atoms with Crippen LogP contribution in [0.4, 0.5) is 0 Å². The molecule has 0 aliphatic carbocycles. The molecule has 0 aromatic heterocycles. The average Bonchev–Trinajstić information content (AvgIpc) is 2.86. The van der Waals surface area contributed by atoms with Crippen LogP contribution in [0.1, 0.15) is 12.0 Å². The number of hydrogen-bond acceptors (Lipinski definition) is 4. The maximum Gasteiger partial charge on any atom is 0.243 e. The normalized spacial score (nSPS) is 23.6. The molecular formula is C13H16N2O3S. The highest BCUT2D eigenvalue weighted by molar-refractivity contribution is 7.89. The van der Waals surface area contributed by atoms with Crippen molar-refractivity contribution in [1.82, 2.24) is 4.31 Å². The Morgan fingerprint density at radius 2 is 2.05 bits per heavy atom. The molecule has 1 unspecified atom stereocenters. The highest BCUT2D eigenvalue weighted by atomic mass is 32.2. The SMILES string of the molecule is Cc1ccc(S(=O)(=O)N2CCC3=NOCC3C2)cc1. The highest BCUT2D eigenvalue weighted by Gasteiger charge is 2.36. The predicted octanol–water partition coefficient (Wildman–Crippen LogP) is 1.39. The van der Waals surface area contributed by atoms with E-state index in [1.807, 2.05) is 19.1 Å². The van der Waals surface area contributed by atoms with Gasteiger partial charge in [-0.15, -0.1) is 0 Å². The molecular weight excluding hydrogens is 264 g/mol. The largest absolute Gasteiger partial charge is 0.395 e. The third-order valence-corrected chi connectivity index (χ3v) is 5.51. The molecule has 1 fully saturated rings. The van der Waals surface area contributed by atoms with Gasteiger partial charge in [-0.25, -0.2) is 8.42 Å². The summed E-state index contributed by atoms with van der Waals surface area (Å²) in [6.07, 6.45) is 0.662. The van der Waals surface area contributed by atoms with Crippen molar-refractivity contribution < 1.29 is 13.3 Å². The fourth-order valence-electron chi connectivity index (χ4n) is 2.44. The molecule has 5 nitrogen and oxygen atoms in total. The first-order valence-corrected chi connectivity index (χ1v) is 7.77. The minimum Gasteiger partial charge on any atom is -0.395 e. The standard InChI is InChI=1S/C13H16N2O3S/c1-10-2-4-12(5-3-10)19(16,17)15-7-6-13-11(8-15)9-18-14-13/h2-5,11H,6-9H2,1H3. The number of sulfonamides is 1. The molecule has 1 aromatic carbocycles. The lowest BCUT2D eigenvalue weighted by Gasteiger charge is -2.29. The van der Waals surface area contributed by atoms with Crippen LogP contribution >= 0.6 is 0 Å². The summed E-state index contributed by atoms with van der Waals surface area (Å²) in [7, 11) is -3.39. The number of rotatable bonds is 2. The van der Waals surface area contributed by atoms with Gasteiger partial charge in [-0.3, -0.25) is 0 Å². The van der Waals surface area contributed by atoms with E-state index in [2.05, 4.69) is 5.16 Å². The number of piperidine rings is 1. The Morgan fingerprint density at radius 3 is 2.79 bits per heavy atom. The van der Waals surface area contributed by atoms with Crippen LogP contribution in [-0.2, 0) is 14.9 Å². The van der Waals surface area contributed by atoms with E-state index >= 15 is 0 Å². The van der Waals surface area contributed by atoms with E-state index in [0.29, 0.717) is 31.0 Å². The Morgan fingerprint density at radius 1 is 1.32 bits per heavy atom. The van der Waals surface area contributed by atoms with E-state index < -0.39 is 10.0 Å². The van der Waals surface area contributed by atoms with Crippen LogP contribution in [0.5, 0.6) is 0 Å². The van der Waals surface area contributed by atoms with E-state index in [4.69, 9.17) is 4.84 Å². The third kappa shape index (κ3) is 2.26. The third-order valence-electron chi connectivity index (χ3n) is 3.63. The van der Waals surface area contributed by atoms with E-state index in [0.717, 1.165) is 11.3 Å². The van der Waals surface area contributed by atoms with Gasteiger partial charge in [-0.2, -0.15) is 4.31 Å². The highest BCUT2D eigenvalue weighted by Crippen LogP contribution is 2.25. The lowest BCUT2D eigenvalue weighted by Crippen LogP contribution is -2.43. The second-order valence-electron chi connectivity index (χ2n) is 5.00. The summed E-state index contributed by atoms with van der Waals surface area (Å²) in [6.45, 7) is 3.38. The van der Waals surface area contributed by atoms with Gasteiger partial charge < -0.3 is 4.84 Å². The fraction of sp³-hybridized carbons (Fsp3) is 0.462. The van der Waals surface area contributed by atoms with Crippen molar-refractivity contribution in [3.8, 4) is 0 Å². The molecule has 0 saturated carbocycles. The van der Waals surface area contributed by atoms with Gasteiger partial charge in [0.05, 0.1) is 16.5 Å². The number of oxime groups is 1. The van der Waals surface area contributed by atoms with Crippen molar-refractivity contribution in [1.29, 1.82) is 0 Å². The molecule has 6 heteroatoms. The van der Waals surface area contributed by atoms with Crippen molar-refractivity contribution in [3.05, 3.63) is 29.8 Å². The summed E-state index contributed by atoms with van der Waals surface area (Å²) < 4.78 is 26.6. The Bertz CT molecular complexity index is 607. The van der Waals surface area contributed by atoms with Crippen LogP contribution in [-0.4, -0.2) is 38.1 Å². The summed E-state index contributed by atoms with van der Waals surface area (Å²) in [5, 5.41) is 3.95. The number of hydrogen-bond donors (Lipinski definition) is 0. The van der Waals surface area contributed by atoms with Gasteiger partial charge in [0.25, 0.3) is 0 Å². The van der Waals surface area contributed by atoms with Crippen LogP contribution in [0.15, 0.2) is 34.3 Å². The molecule has 0 radical (unpaired) electrons. The fourth-order valence-corrected chi connectivity index (χ4v) is 3.93. The topological polar surface area (TPSA) is 59.0 Å². The lowest BCUT2D eigenvalue weighted by atomic mass is 9.99. The van der Waals surface area contributed by atoms with Gasteiger partial charge in [0.15, 0.2) is 0 Å². The van der Waals surface area contributed by atoms with Crippen molar-refractivity contribution in [2.24, 2.45) is 11.1 Å². The molecule has 102 valence electrons. The molecule has 0 spiro atoms. The molecule has 1 atom stereocenters. The quantitative estimate of drug-likeness (QED) is 0.822. The van der Waals surface area contributed by atoms with Gasteiger partial charge in [0.2, 0.25) is 10.0 Å². The smallest absolute Gasteiger partial charge is 0.243 e. The summed E-state index contributed by atoms with van der Waals surface area (Å²) >= 11 is 0. The van der Waals surface area contributed by atoms with Gasteiger partial charge in [0.1, 0.15) is 6.61 Å². The van der Waals surface area contributed by atoms with E-state index in [9.17, 15) is 8.42 Å². The minimum absolute atomic E-state index is 0.119. The Balaban J connectivity index is 1.85. The lowest BCUT2D eigenvalue weighted by molar-refractivity contribution is 0.149. The molecule has 19 heavy (non-hydrogen) atoms. The summed E-state index contributed by atoms with van der Waals surface area (Å²) in [4.78, 5) is 5.40. The molecule has 0 bridgehead atoms. The maximum atomic E-state index is 12.5. The Kier molecular flexibility index (Phi) is 3.06. The molecule has 0 N–H and O–H groups in total. The molecule has 0 amide bonds. The zero-order valence-corrected chi connectivity index (χ0v) is 11.6. The van der Waals surface area contributed by atoms with E-state index in [1.54, 1.807) is 12.1 Å². The zero-order chi connectivity index (χ0) is 13.5. The van der Waals surface area contributed by atoms with E-state index in [-0.39, 0.29) is 5.92 Å². The van der Waals surface area contributed by atoms with Crippen LogP contribution in [0.2, 0.25) is 0 Å². The van der Waals surface area contributed by atoms with Crippen LogP contribution in [0.3, 0.4) is 0 Å². The van der Waals surface area contributed by atoms with Crippen LogP contribution < -0.4 is 0 Å². The number of aryl methyl sites for hydroxylation is 1. The van der Waals surface area contributed by atoms with Gasteiger partial charge in [-0.05, 0) is 19.1 Å². The summed E-state index contributed by atoms with van der Waals surface area (Å²) in [5.41, 5.74) is 2.05. The molecule has 2 aliphatic heterocycles. The van der Waals surface area contributed by atoms with Crippen molar-refractivity contribution in [2.75, 3.05) is 19.7 Å². The summed E-state index contributed by atoms with van der Waals surface area (Å²) in [5.74, 6) is 0.119. The second kappa shape index (κ2) is 4.61. The predicted molar refractivity (Wildman–Crippen MR) is 71.4 cm³/mol. The Labute approximate surface area is 112 Å². The monoisotopic (exact) mass is 280 g/mol. The number of nitrogens with zero attached hydrogens (tertiary/aromatic N) is 2. The van der Waals surface area contributed by atoms with Crippen molar-refractivity contribution >= 4 is 15.7 Å². The molecule has 2 heterocycles. The van der Waals surface area contributed by atoms with Gasteiger partial charge >= 0.3 is 0 Å². The average molecular weight is 280 g/mol. The van der Waals surface area contributed by atoms with Crippen molar-refractivity contribution in [3.63, 3.8) is 0 Å². The minimum atomic E-state index is -3.39. The summed E-state index contributed by atoms with van der Waals surface area (Å²) in [6, 6.07) is 6.98. The zero-order valence-electron chi connectivity index (χ0n) is 10.7. The second-order valence-corrected chi connectivity index (χ2v) is 6.94. The number of fused-ring (bicyclic) bond motifs is 1. The van der Waals surface area contributed by atoms with Gasteiger partial charge in [-0.1, -0.05) is 22.9 Å². The molecule has 1 aromatic rings. The van der Waals surface area contributed by atoms with E-state index in [1.165, 1.54) is 4.31 Å². The first-order valence-electron chi connectivity index (χ1n) is 6.33. The maximum absolute atomic E-state index is 12.5. The number of benzene rings is 1. The van der Waals surface area contributed by atoms with Crippen molar-refractivity contribution in [2.45, 2.75) is 18.2 Å². The first-order chi connectivity index (χ1) is 9.07. The van der Waals surface area contributed by atoms with Crippen LogP contribution in [0, 0.1) is 12.8 Å². The molecule has 2 aliphatic rings. The van der Waals surface area contributed by atoms with Crippen LogP contribution in [0.25, 0.3) is 0 Å². The molecule has 3 rings (SSSR count). The Hall–Kier alpha value is -1.40.